The number of ketones is 1. The van der Waals surface area contributed by atoms with Gasteiger partial charge in [0.15, 0.2) is 5.78 Å². The molecule has 3 nitrogen and oxygen atoms in total. The van der Waals surface area contributed by atoms with E-state index in [0.717, 1.165) is 5.56 Å². The molecule has 0 atom stereocenters. The molecule has 0 heterocycles. The van der Waals surface area contributed by atoms with Crippen molar-refractivity contribution in [2.45, 2.75) is 13.5 Å². The summed E-state index contributed by atoms with van der Waals surface area (Å²) in [6.07, 6.45) is 0. The van der Waals surface area contributed by atoms with Crippen LogP contribution in [-0.2, 0) is 6.61 Å². The summed E-state index contributed by atoms with van der Waals surface area (Å²) in [5.41, 5.74) is 1.71. The monoisotopic (exact) mass is 285 g/mol. The fraction of sp³-hybridized carbons (Fsp3) is 0.125. The van der Waals surface area contributed by atoms with Crippen molar-refractivity contribution >= 4 is 17.4 Å². The number of hydrogen-bond donors (Lipinski definition) is 0. The number of nitrogens with zero attached hydrogens (tertiary/aromatic N) is 1. The van der Waals surface area contributed by atoms with Gasteiger partial charge in [-0.15, -0.1) is 0 Å². The van der Waals surface area contributed by atoms with Gasteiger partial charge in [0.2, 0.25) is 0 Å². The largest absolute Gasteiger partial charge is 0.489 e. The Labute approximate surface area is 122 Å². The van der Waals surface area contributed by atoms with Crippen molar-refractivity contribution in [2.24, 2.45) is 0 Å². The van der Waals surface area contributed by atoms with Crippen LogP contribution in [0.5, 0.6) is 5.75 Å². The molecule has 0 aliphatic heterocycles. The van der Waals surface area contributed by atoms with E-state index in [9.17, 15) is 4.79 Å². The fourth-order valence-electron chi connectivity index (χ4n) is 1.76. The van der Waals surface area contributed by atoms with Gasteiger partial charge >= 0.3 is 0 Å². The molecule has 0 fully saturated rings. The highest BCUT2D eigenvalue weighted by Gasteiger charge is 2.08. The van der Waals surface area contributed by atoms with Gasteiger partial charge in [-0.2, -0.15) is 5.26 Å². The molecule has 0 aliphatic carbocycles. The van der Waals surface area contributed by atoms with Crippen molar-refractivity contribution in [3.63, 3.8) is 0 Å². The molecular formula is C16H12ClNO2. The molecule has 0 saturated carbocycles. The molecule has 2 aromatic carbocycles. The van der Waals surface area contributed by atoms with Gasteiger partial charge in [0.25, 0.3) is 0 Å². The van der Waals surface area contributed by atoms with Gasteiger partial charge in [0.1, 0.15) is 18.4 Å². The maximum Gasteiger partial charge on any atom is 0.161 e. The first-order valence-corrected chi connectivity index (χ1v) is 6.40. The third kappa shape index (κ3) is 3.37. The molecule has 0 saturated heterocycles. The molecule has 100 valence electrons. The zero-order valence-electron chi connectivity index (χ0n) is 10.9. The Morgan fingerprint density at radius 3 is 2.55 bits per heavy atom. The Hall–Kier alpha value is -2.31. The smallest absolute Gasteiger partial charge is 0.161 e. The molecule has 2 rings (SSSR count). The topological polar surface area (TPSA) is 50.1 Å². The molecule has 0 bridgehead atoms. The van der Waals surface area contributed by atoms with E-state index in [1.807, 2.05) is 18.2 Å². The normalized spacial score (nSPS) is 9.85. The zero-order valence-corrected chi connectivity index (χ0v) is 11.6. The fourth-order valence-corrected chi connectivity index (χ4v) is 1.89. The van der Waals surface area contributed by atoms with Crippen LogP contribution in [0.1, 0.15) is 28.4 Å². The molecule has 0 unspecified atom stereocenters. The van der Waals surface area contributed by atoms with Gasteiger partial charge in [-0.3, -0.25) is 4.79 Å². The van der Waals surface area contributed by atoms with Gasteiger partial charge in [-0.25, -0.2) is 0 Å². The van der Waals surface area contributed by atoms with Crippen LogP contribution in [0.4, 0.5) is 0 Å². The Balaban J connectivity index is 2.12. The molecule has 0 aliphatic rings. The maximum atomic E-state index is 11.3. The predicted molar refractivity (Wildman–Crippen MR) is 76.9 cm³/mol. The Kier molecular flexibility index (Phi) is 4.39. The SMILES string of the molecule is CC(=O)c1ccc(OCc2ccc(Cl)cc2)cc1C#N. The molecule has 0 aromatic heterocycles. The quantitative estimate of drug-likeness (QED) is 0.798. The molecule has 4 heteroatoms. The van der Waals surface area contributed by atoms with Gasteiger partial charge in [0.05, 0.1) is 5.56 Å². The summed E-state index contributed by atoms with van der Waals surface area (Å²) in [7, 11) is 0. The third-order valence-corrected chi connectivity index (χ3v) is 3.06. The molecule has 20 heavy (non-hydrogen) atoms. The average Bonchev–Trinajstić information content (AvgIpc) is 2.46. The summed E-state index contributed by atoms with van der Waals surface area (Å²) < 4.78 is 5.60. The molecule has 0 spiro atoms. The first-order chi connectivity index (χ1) is 9.60. The summed E-state index contributed by atoms with van der Waals surface area (Å²) in [6, 6.07) is 14.2. The Morgan fingerprint density at radius 2 is 1.95 bits per heavy atom. The highest BCUT2D eigenvalue weighted by molar-refractivity contribution is 6.30. The van der Waals surface area contributed by atoms with Crippen LogP contribution in [0.2, 0.25) is 5.02 Å². The van der Waals surface area contributed by atoms with E-state index in [1.165, 1.54) is 6.92 Å². The minimum atomic E-state index is -0.134. The van der Waals surface area contributed by atoms with Crippen LogP contribution in [-0.4, -0.2) is 5.78 Å². The summed E-state index contributed by atoms with van der Waals surface area (Å²) >= 11 is 5.81. The summed E-state index contributed by atoms with van der Waals surface area (Å²) in [5, 5.41) is 9.71. The Morgan fingerprint density at radius 1 is 1.25 bits per heavy atom. The van der Waals surface area contributed by atoms with E-state index < -0.39 is 0 Å². The first-order valence-electron chi connectivity index (χ1n) is 6.02. The Bertz CT molecular complexity index is 672. The van der Waals surface area contributed by atoms with E-state index in [1.54, 1.807) is 30.3 Å². The molecule has 0 N–H and O–H groups in total. The lowest BCUT2D eigenvalue weighted by molar-refractivity contribution is 0.101. The van der Waals surface area contributed by atoms with Crippen molar-refractivity contribution in [1.29, 1.82) is 5.26 Å². The number of benzene rings is 2. The number of nitriles is 1. The van der Waals surface area contributed by atoms with Crippen LogP contribution < -0.4 is 4.74 Å². The van der Waals surface area contributed by atoms with Crippen molar-refractivity contribution in [1.82, 2.24) is 0 Å². The van der Waals surface area contributed by atoms with Crippen LogP contribution >= 0.6 is 11.6 Å². The predicted octanol–water partition coefficient (Wildman–Crippen LogP) is 3.99. The third-order valence-electron chi connectivity index (χ3n) is 2.81. The van der Waals surface area contributed by atoms with Gasteiger partial charge in [-0.1, -0.05) is 23.7 Å². The van der Waals surface area contributed by atoms with E-state index in [0.29, 0.717) is 28.5 Å². The van der Waals surface area contributed by atoms with Crippen molar-refractivity contribution in [3.8, 4) is 11.8 Å². The van der Waals surface area contributed by atoms with Crippen molar-refractivity contribution < 1.29 is 9.53 Å². The number of halogens is 1. The first kappa shape index (κ1) is 14.1. The minimum Gasteiger partial charge on any atom is -0.489 e. The highest BCUT2D eigenvalue weighted by atomic mass is 35.5. The number of carbonyl (C=O) groups excluding carboxylic acids is 1. The second-order valence-corrected chi connectivity index (χ2v) is 4.73. The van der Waals surface area contributed by atoms with Crippen molar-refractivity contribution in [3.05, 3.63) is 64.2 Å². The van der Waals surface area contributed by atoms with Crippen LogP contribution in [0.15, 0.2) is 42.5 Å². The highest BCUT2D eigenvalue weighted by Crippen LogP contribution is 2.19. The second-order valence-electron chi connectivity index (χ2n) is 4.29. The number of ether oxygens (including phenoxy) is 1. The van der Waals surface area contributed by atoms with Crippen LogP contribution in [0.3, 0.4) is 0 Å². The van der Waals surface area contributed by atoms with Crippen LogP contribution in [0.25, 0.3) is 0 Å². The summed E-state index contributed by atoms with van der Waals surface area (Å²) in [6.45, 7) is 1.81. The van der Waals surface area contributed by atoms with E-state index in [4.69, 9.17) is 21.6 Å². The zero-order chi connectivity index (χ0) is 14.5. The van der Waals surface area contributed by atoms with Gasteiger partial charge in [-0.05, 0) is 42.8 Å². The van der Waals surface area contributed by atoms with Gasteiger partial charge < -0.3 is 4.74 Å². The maximum absolute atomic E-state index is 11.3. The van der Waals surface area contributed by atoms with E-state index in [-0.39, 0.29) is 5.78 Å². The lowest BCUT2D eigenvalue weighted by Gasteiger charge is -2.08. The molecular weight excluding hydrogens is 274 g/mol. The lowest BCUT2D eigenvalue weighted by atomic mass is 10.1. The number of Topliss-reactive ketones (excluding diaryl/α,β-unsaturated/α-hetero) is 1. The minimum absolute atomic E-state index is 0.134. The molecule has 0 radical (unpaired) electrons. The lowest BCUT2D eigenvalue weighted by Crippen LogP contribution is -1.99. The average molecular weight is 286 g/mol. The van der Waals surface area contributed by atoms with Gasteiger partial charge in [0, 0.05) is 10.6 Å². The molecule has 0 amide bonds. The number of carbonyl (C=O) groups is 1. The number of hydrogen-bond acceptors (Lipinski definition) is 3. The standard InChI is InChI=1S/C16H12ClNO2/c1-11(19)16-7-6-15(8-13(16)9-18)20-10-12-2-4-14(17)5-3-12/h2-8H,10H2,1H3. The summed E-state index contributed by atoms with van der Waals surface area (Å²) in [5.74, 6) is 0.423. The van der Waals surface area contributed by atoms with E-state index in [2.05, 4.69) is 0 Å². The van der Waals surface area contributed by atoms with E-state index >= 15 is 0 Å². The van der Waals surface area contributed by atoms with Crippen LogP contribution in [0, 0.1) is 11.3 Å². The second kappa shape index (κ2) is 6.23. The van der Waals surface area contributed by atoms with Crippen molar-refractivity contribution in [2.75, 3.05) is 0 Å². The summed E-state index contributed by atoms with van der Waals surface area (Å²) in [4.78, 5) is 11.3. The number of rotatable bonds is 4. The molecule has 2 aromatic rings.